The van der Waals surface area contributed by atoms with Crippen LogP contribution in [0.1, 0.15) is 39.0 Å². The molecule has 2 heterocycles. The van der Waals surface area contributed by atoms with Gasteiger partial charge in [-0.3, -0.25) is 4.79 Å². The normalized spacial score (nSPS) is 29.1. The summed E-state index contributed by atoms with van der Waals surface area (Å²) in [7, 11) is 0. The Morgan fingerprint density at radius 1 is 1.56 bits per heavy atom. The van der Waals surface area contributed by atoms with Crippen molar-refractivity contribution in [3.05, 3.63) is 0 Å². The summed E-state index contributed by atoms with van der Waals surface area (Å²) in [4.78, 5) is 10.7. The average molecular weight is 290 g/mol. The van der Waals surface area contributed by atoms with Crippen molar-refractivity contribution in [1.82, 2.24) is 0 Å². The highest BCUT2D eigenvalue weighted by molar-refractivity contribution is 8.00. The number of carboxylic acids is 1. The smallest absolute Gasteiger partial charge is 0.304 e. The first kappa shape index (κ1) is 14.5. The van der Waals surface area contributed by atoms with Crippen LogP contribution in [-0.4, -0.2) is 45.3 Å². The summed E-state index contributed by atoms with van der Waals surface area (Å²) >= 11 is 3.87. The molecule has 0 radical (unpaired) electrons. The number of ether oxygens (including phenoxy) is 1. The van der Waals surface area contributed by atoms with E-state index in [-0.39, 0.29) is 17.3 Å². The molecule has 2 rings (SSSR count). The molecule has 2 aliphatic heterocycles. The summed E-state index contributed by atoms with van der Waals surface area (Å²) in [6.07, 6.45) is 4.79. The third-order valence-corrected chi connectivity index (χ3v) is 6.14. The maximum atomic E-state index is 10.7. The summed E-state index contributed by atoms with van der Waals surface area (Å²) in [6.45, 7) is 2.87. The van der Waals surface area contributed by atoms with E-state index in [2.05, 4.69) is 0 Å². The van der Waals surface area contributed by atoms with Crippen LogP contribution in [0, 0.1) is 0 Å². The molecule has 0 aliphatic carbocycles. The molecule has 0 aromatic rings. The highest BCUT2D eigenvalue weighted by atomic mass is 32.2. The van der Waals surface area contributed by atoms with Crippen LogP contribution in [0.5, 0.6) is 0 Å². The Hall–Kier alpha value is 0.130. The van der Waals surface area contributed by atoms with Crippen molar-refractivity contribution in [2.75, 3.05) is 18.1 Å². The fraction of sp³-hybridized carbons (Fsp3) is 0.923. The minimum Gasteiger partial charge on any atom is -0.481 e. The van der Waals surface area contributed by atoms with Crippen LogP contribution < -0.4 is 0 Å². The lowest BCUT2D eigenvalue weighted by Gasteiger charge is -2.43. The van der Waals surface area contributed by atoms with Crippen molar-refractivity contribution >= 4 is 29.5 Å². The molecule has 18 heavy (non-hydrogen) atoms. The number of carbonyl (C=O) groups is 1. The minimum absolute atomic E-state index is 0.115. The SMILES string of the molecule is CC(CC(=O)O)SC1CCOC2(CCSCC2)C1. The van der Waals surface area contributed by atoms with Crippen molar-refractivity contribution in [3.63, 3.8) is 0 Å². The molecule has 2 aliphatic rings. The standard InChI is InChI=1S/C13H22O3S2/c1-10(8-12(14)15)18-11-2-5-16-13(9-11)3-6-17-7-4-13/h10-11H,2-9H2,1H3,(H,14,15). The van der Waals surface area contributed by atoms with Gasteiger partial charge in [0.05, 0.1) is 12.0 Å². The largest absolute Gasteiger partial charge is 0.481 e. The van der Waals surface area contributed by atoms with Crippen molar-refractivity contribution < 1.29 is 14.6 Å². The van der Waals surface area contributed by atoms with Gasteiger partial charge in [-0.25, -0.2) is 0 Å². The summed E-state index contributed by atoms with van der Waals surface area (Å²) in [5.74, 6) is 1.73. The fourth-order valence-electron chi connectivity index (χ4n) is 2.81. The zero-order valence-electron chi connectivity index (χ0n) is 10.9. The van der Waals surface area contributed by atoms with Crippen LogP contribution in [-0.2, 0) is 9.53 Å². The molecule has 5 heteroatoms. The van der Waals surface area contributed by atoms with E-state index in [4.69, 9.17) is 9.84 Å². The number of aliphatic carboxylic acids is 1. The molecular formula is C13H22O3S2. The third-order valence-electron chi connectivity index (χ3n) is 3.74. The van der Waals surface area contributed by atoms with Crippen molar-refractivity contribution in [1.29, 1.82) is 0 Å². The van der Waals surface area contributed by atoms with Gasteiger partial charge in [0, 0.05) is 17.1 Å². The van der Waals surface area contributed by atoms with E-state index in [9.17, 15) is 4.79 Å². The first-order valence-electron chi connectivity index (χ1n) is 6.69. The van der Waals surface area contributed by atoms with E-state index in [1.807, 2.05) is 30.4 Å². The second-order valence-electron chi connectivity index (χ2n) is 5.30. The summed E-state index contributed by atoms with van der Waals surface area (Å²) in [5.41, 5.74) is 0.115. The Bertz CT molecular complexity index is 284. The molecule has 2 fully saturated rings. The Morgan fingerprint density at radius 3 is 2.94 bits per heavy atom. The lowest BCUT2D eigenvalue weighted by atomic mass is 9.88. The van der Waals surface area contributed by atoms with Crippen molar-refractivity contribution in [2.45, 2.75) is 55.1 Å². The Labute approximate surface area is 117 Å². The van der Waals surface area contributed by atoms with Crippen molar-refractivity contribution in [2.24, 2.45) is 0 Å². The second-order valence-corrected chi connectivity index (χ2v) is 8.27. The highest BCUT2D eigenvalue weighted by Crippen LogP contribution is 2.41. The molecule has 2 saturated heterocycles. The summed E-state index contributed by atoms with van der Waals surface area (Å²) in [5, 5.41) is 9.60. The maximum Gasteiger partial charge on any atom is 0.304 e. The Kier molecular flexibility index (Phi) is 5.27. The number of hydrogen-bond acceptors (Lipinski definition) is 4. The van der Waals surface area contributed by atoms with E-state index in [0.717, 1.165) is 19.4 Å². The molecule has 1 spiro atoms. The van der Waals surface area contributed by atoms with Gasteiger partial charge in [-0.1, -0.05) is 6.92 Å². The molecule has 0 amide bonds. The van der Waals surface area contributed by atoms with Gasteiger partial charge in [0.2, 0.25) is 0 Å². The van der Waals surface area contributed by atoms with Crippen LogP contribution in [0.4, 0.5) is 0 Å². The van der Waals surface area contributed by atoms with E-state index in [1.54, 1.807) is 0 Å². The monoisotopic (exact) mass is 290 g/mol. The molecule has 1 N–H and O–H groups in total. The third kappa shape index (κ3) is 4.07. The molecule has 0 saturated carbocycles. The predicted octanol–water partition coefficient (Wildman–Crippen LogP) is 3.03. The minimum atomic E-state index is -0.689. The summed E-state index contributed by atoms with van der Waals surface area (Å²) in [6, 6.07) is 0. The van der Waals surface area contributed by atoms with Gasteiger partial charge in [0.25, 0.3) is 0 Å². The van der Waals surface area contributed by atoms with E-state index in [0.29, 0.717) is 5.25 Å². The van der Waals surface area contributed by atoms with Crippen LogP contribution in [0.15, 0.2) is 0 Å². The Morgan fingerprint density at radius 2 is 2.28 bits per heavy atom. The van der Waals surface area contributed by atoms with Gasteiger partial charge in [-0.15, -0.1) is 0 Å². The molecule has 0 aromatic heterocycles. The lowest BCUT2D eigenvalue weighted by Crippen LogP contribution is -2.44. The molecule has 2 unspecified atom stereocenters. The average Bonchev–Trinajstić information content (AvgIpc) is 2.28. The van der Waals surface area contributed by atoms with E-state index < -0.39 is 5.97 Å². The molecule has 3 nitrogen and oxygen atoms in total. The van der Waals surface area contributed by atoms with E-state index in [1.165, 1.54) is 24.3 Å². The quantitative estimate of drug-likeness (QED) is 0.862. The van der Waals surface area contributed by atoms with Crippen LogP contribution >= 0.6 is 23.5 Å². The molecule has 2 atom stereocenters. The molecule has 0 aromatic carbocycles. The second kappa shape index (κ2) is 6.53. The zero-order valence-corrected chi connectivity index (χ0v) is 12.5. The van der Waals surface area contributed by atoms with Crippen molar-refractivity contribution in [3.8, 4) is 0 Å². The van der Waals surface area contributed by atoms with Gasteiger partial charge >= 0.3 is 5.97 Å². The first-order chi connectivity index (χ1) is 8.60. The van der Waals surface area contributed by atoms with Gasteiger partial charge < -0.3 is 9.84 Å². The van der Waals surface area contributed by atoms with Gasteiger partial charge in [-0.2, -0.15) is 23.5 Å². The topological polar surface area (TPSA) is 46.5 Å². The summed E-state index contributed by atoms with van der Waals surface area (Å²) < 4.78 is 6.06. The zero-order chi connectivity index (χ0) is 13.0. The number of rotatable bonds is 4. The van der Waals surface area contributed by atoms with Gasteiger partial charge in [0.15, 0.2) is 0 Å². The molecule has 104 valence electrons. The fourth-order valence-corrected chi connectivity index (χ4v) is 5.58. The van der Waals surface area contributed by atoms with Gasteiger partial charge in [-0.05, 0) is 37.2 Å². The number of hydrogen-bond donors (Lipinski definition) is 1. The van der Waals surface area contributed by atoms with Crippen LogP contribution in [0.3, 0.4) is 0 Å². The number of thioether (sulfide) groups is 2. The lowest BCUT2D eigenvalue weighted by molar-refractivity contribution is -0.136. The number of carboxylic acid groups (broad SMARTS) is 1. The first-order valence-corrected chi connectivity index (χ1v) is 8.78. The predicted molar refractivity (Wildman–Crippen MR) is 77.6 cm³/mol. The van der Waals surface area contributed by atoms with Gasteiger partial charge in [0.1, 0.15) is 0 Å². The van der Waals surface area contributed by atoms with Crippen LogP contribution in [0.2, 0.25) is 0 Å². The highest BCUT2D eigenvalue weighted by Gasteiger charge is 2.39. The molecular weight excluding hydrogens is 268 g/mol. The van der Waals surface area contributed by atoms with Crippen LogP contribution in [0.25, 0.3) is 0 Å². The Balaban J connectivity index is 1.84. The maximum absolute atomic E-state index is 10.7. The molecule has 0 bridgehead atoms. The van der Waals surface area contributed by atoms with E-state index >= 15 is 0 Å².